The van der Waals surface area contributed by atoms with Crippen LogP contribution < -0.4 is 0 Å². The first-order valence-corrected chi connectivity index (χ1v) is 13.2. The predicted octanol–water partition coefficient (Wildman–Crippen LogP) is 10.4. The third kappa shape index (κ3) is 14.8. The van der Waals surface area contributed by atoms with Gasteiger partial charge < -0.3 is 0 Å². The number of unbranched alkanes of at least 4 members (excludes halogenated alkanes) is 17. The van der Waals surface area contributed by atoms with Crippen molar-refractivity contribution < 1.29 is 0 Å². The number of rotatable bonds is 20. The van der Waals surface area contributed by atoms with Gasteiger partial charge in [0.25, 0.3) is 0 Å². The van der Waals surface area contributed by atoms with Gasteiger partial charge in [-0.1, -0.05) is 167 Å². The fraction of sp³-hybridized carbons (Fsp3) is 0.793. The van der Waals surface area contributed by atoms with Crippen molar-refractivity contribution in [2.75, 3.05) is 0 Å². The Morgan fingerprint density at radius 1 is 0.483 bits per heavy atom. The summed E-state index contributed by atoms with van der Waals surface area (Å²) in [5, 5.41) is 0. The Morgan fingerprint density at radius 3 is 1.21 bits per heavy atom. The molecule has 0 radical (unpaired) electrons. The molecule has 0 heterocycles. The van der Waals surface area contributed by atoms with Crippen molar-refractivity contribution in [1.82, 2.24) is 0 Å². The van der Waals surface area contributed by atoms with Gasteiger partial charge in [-0.05, 0) is 17.4 Å². The van der Waals surface area contributed by atoms with Crippen LogP contribution in [0.3, 0.4) is 0 Å². The van der Waals surface area contributed by atoms with Crippen LogP contribution in [0, 0.1) is 0 Å². The largest absolute Gasteiger partial charge is 0.0654 e. The average Bonchev–Trinajstić information content (AvgIpc) is 2.73. The highest BCUT2D eigenvalue weighted by Gasteiger charge is 2.19. The molecule has 0 heteroatoms. The van der Waals surface area contributed by atoms with E-state index in [-0.39, 0.29) is 0 Å². The molecule has 0 aliphatic carbocycles. The first-order chi connectivity index (χ1) is 14.2. The highest BCUT2D eigenvalue weighted by atomic mass is 14.2. The number of hydrogen-bond donors (Lipinski definition) is 0. The molecular weight excluding hydrogens is 348 g/mol. The second-order valence-corrected chi connectivity index (χ2v) is 10.0. The van der Waals surface area contributed by atoms with Crippen LogP contribution in [-0.4, -0.2) is 0 Å². The molecule has 0 N–H and O–H groups in total. The summed E-state index contributed by atoms with van der Waals surface area (Å²) < 4.78 is 0. The second-order valence-electron chi connectivity index (χ2n) is 10.0. The molecule has 0 amide bonds. The van der Waals surface area contributed by atoms with Gasteiger partial charge in [-0.2, -0.15) is 0 Å². The monoisotopic (exact) mass is 400 g/mol. The maximum absolute atomic E-state index is 2.40. The first-order valence-electron chi connectivity index (χ1n) is 13.2. The molecule has 0 aliphatic heterocycles. The van der Waals surface area contributed by atoms with Crippen LogP contribution in [-0.2, 0) is 5.41 Å². The van der Waals surface area contributed by atoms with Crippen molar-refractivity contribution in [3.8, 4) is 0 Å². The van der Waals surface area contributed by atoms with E-state index in [1.165, 1.54) is 128 Å². The smallest absolute Gasteiger partial charge is 0.0104 e. The van der Waals surface area contributed by atoms with E-state index in [0.717, 1.165) is 0 Å². The molecule has 0 spiro atoms. The molecule has 0 atom stereocenters. The standard InChI is InChI=1S/C29H52/c1-4-5-6-7-8-9-10-11-12-13-14-15-16-17-18-19-20-24-27-29(2,3)28-25-22-21-23-26-28/h21-23,25-26H,4-20,24,27H2,1-3H3. The number of benzene rings is 1. The Bertz CT molecular complexity index is 444. The Kier molecular flexibility index (Phi) is 16.3. The van der Waals surface area contributed by atoms with Crippen LogP contribution in [0.15, 0.2) is 30.3 Å². The third-order valence-corrected chi connectivity index (χ3v) is 6.71. The zero-order chi connectivity index (χ0) is 21.0. The van der Waals surface area contributed by atoms with Crippen molar-refractivity contribution in [3.05, 3.63) is 35.9 Å². The van der Waals surface area contributed by atoms with Crippen LogP contribution in [0.4, 0.5) is 0 Å². The molecule has 0 aromatic heterocycles. The lowest BCUT2D eigenvalue weighted by Crippen LogP contribution is -2.16. The van der Waals surface area contributed by atoms with Gasteiger partial charge >= 0.3 is 0 Å². The molecule has 1 aromatic rings. The molecular formula is C29H52. The highest BCUT2D eigenvalue weighted by molar-refractivity contribution is 5.23. The lowest BCUT2D eigenvalue weighted by molar-refractivity contribution is 0.441. The van der Waals surface area contributed by atoms with E-state index < -0.39 is 0 Å². The molecule has 168 valence electrons. The normalized spacial score (nSPS) is 11.8. The minimum Gasteiger partial charge on any atom is -0.0654 e. The first kappa shape index (κ1) is 26.3. The van der Waals surface area contributed by atoms with Crippen LogP contribution in [0.5, 0.6) is 0 Å². The van der Waals surface area contributed by atoms with Gasteiger partial charge in [-0.15, -0.1) is 0 Å². The van der Waals surface area contributed by atoms with Crippen molar-refractivity contribution in [2.45, 2.75) is 148 Å². The molecule has 0 fully saturated rings. The quantitative estimate of drug-likeness (QED) is 0.191. The van der Waals surface area contributed by atoms with E-state index in [1.54, 1.807) is 0 Å². The van der Waals surface area contributed by atoms with Gasteiger partial charge in [0, 0.05) is 0 Å². The molecule has 0 bridgehead atoms. The minimum atomic E-state index is 0.330. The maximum atomic E-state index is 2.40. The molecule has 1 aromatic carbocycles. The van der Waals surface area contributed by atoms with Crippen molar-refractivity contribution in [1.29, 1.82) is 0 Å². The zero-order valence-electron chi connectivity index (χ0n) is 20.3. The number of hydrogen-bond acceptors (Lipinski definition) is 0. The lowest BCUT2D eigenvalue weighted by atomic mass is 9.80. The highest BCUT2D eigenvalue weighted by Crippen LogP contribution is 2.29. The van der Waals surface area contributed by atoms with Crippen molar-refractivity contribution in [3.63, 3.8) is 0 Å². The van der Waals surface area contributed by atoms with Gasteiger partial charge in [-0.25, -0.2) is 0 Å². The van der Waals surface area contributed by atoms with Crippen molar-refractivity contribution in [2.24, 2.45) is 0 Å². The minimum absolute atomic E-state index is 0.330. The molecule has 0 saturated heterocycles. The van der Waals surface area contributed by atoms with Gasteiger partial charge in [0.2, 0.25) is 0 Å². The third-order valence-electron chi connectivity index (χ3n) is 6.71. The molecule has 1 rings (SSSR count). The van der Waals surface area contributed by atoms with Crippen LogP contribution >= 0.6 is 0 Å². The molecule has 0 saturated carbocycles. The molecule has 0 aliphatic rings. The van der Waals surface area contributed by atoms with Crippen molar-refractivity contribution >= 4 is 0 Å². The Balaban J connectivity index is 1.79. The summed E-state index contributed by atoms with van der Waals surface area (Å²) in [5.74, 6) is 0. The Hall–Kier alpha value is -0.780. The Morgan fingerprint density at radius 2 is 0.828 bits per heavy atom. The summed E-state index contributed by atoms with van der Waals surface area (Å²) in [6, 6.07) is 11.0. The van der Waals surface area contributed by atoms with E-state index in [0.29, 0.717) is 5.41 Å². The maximum Gasteiger partial charge on any atom is -0.0104 e. The van der Waals surface area contributed by atoms with Crippen LogP contribution in [0.25, 0.3) is 0 Å². The van der Waals surface area contributed by atoms with E-state index in [1.807, 2.05) is 0 Å². The van der Waals surface area contributed by atoms with E-state index in [9.17, 15) is 0 Å². The summed E-state index contributed by atoms with van der Waals surface area (Å²) in [5.41, 5.74) is 1.82. The van der Waals surface area contributed by atoms with E-state index in [2.05, 4.69) is 51.1 Å². The fourth-order valence-corrected chi connectivity index (χ4v) is 4.50. The summed E-state index contributed by atoms with van der Waals surface area (Å²) >= 11 is 0. The summed E-state index contributed by atoms with van der Waals surface area (Å²) in [7, 11) is 0. The van der Waals surface area contributed by atoms with Crippen LogP contribution in [0.1, 0.15) is 148 Å². The Labute approximate surface area is 184 Å². The summed E-state index contributed by atoms with van der Waals surface area (Å²) in [4.78, 5) is 0. The molecule has 0 nitrogen and oxygen atoms in total. The molecule has 29 heavy (non-hydrogen) atoms. The van der Waals surface area contributed by atoms with Gasteiger partial charge in [0.05, 0.1) is 0 Å². The SMILES string of the molecule is CCCCCCCCCCCCCCCCCCCCC(C)(C)c1ccccc1. The van der Waals surface area contributed by atoms with E-state index in [4.69, 9.17) is 0 Å². The molecule has 0 unspecified atom stereocenters. The zero-order valence-corrected chi connectivity index (χ0v) is 20.3. The topological polar surface area (TPSA) is 0 Å². The van der Waals surface area contributed by atoms with Gasteiger partial charge in [0.15, 0.2) is 0 Å². The predicted molar refractivity (Wildman–Crippen MR) is 133 cm³/mol. The van der Waals surface area contributed by atoms with Crippen LogP contribution in [0.2, 0.25) is 0 Å². The summed E-state index contributed by atoms with van der Waals surface area (Å²) in [6.07, 6.45) is 27.5. The van der Waals surface area contributed by atoms with Gasteiger partial charge in [0.1, 0.15) is 0 Å². The lowest BCUT2D eigenvalue weighted by Gasteiger charge is -2.25. The second kappa shape index (κ2) is 18.0. The van der Waals surface area contributed by atoms with Gasteiger partial charge in [-0.3, -0.25) is 0 Å². The average molecular weight is 401 g/mol. The fourth-order valence-electron chi connectivity index (χ4n) is 4.50. The summed E-state index contributed by atoms with van der Waals surface area (Å²) in [6.45, 7) is 7.10. The van der Waals surface area contributed by atoms with E-state index >= 15 is 0 Å².